The third-order valence-corrected chi connectivity index (χ3v) is 4.97. The van der Waals surface area contributed by atoms with Gasteiger partial charge >= 0.3 is 6.01 Å². The fraction of sp³-hybridized carbons (Fsp3) is 0.467. The van der Waals surface area contributed by atoms with Crippen LogP contribution in [0.1, 0.15) is 26.7 Å². The molecule has 0 atom stereocenters. The fourth-order valence-corrected chi connectivity index (χ4v) is 2.87. The fourth-order valence-electron chi connectivity index (χ4n) is 1.92. The number of hydrogen-bond donors (Lipinski definition) is 0. The van der Waals surface area contributed by atoms with Crippen LogP contribution in [0.2, 0.25) is 0 Å². The molecule has 0 bridgehead atoms. The molecule has 0 fully saturated rings. The third kappa shape index (κ3) is 3.39. The topological polar surface area (TPSA) is 39.9 Å². The zero-order chi connectivity index (χ0) is 14.4. The van der Waals surface area contributed by atoms with Crippen molar-refractivity contribution in [2.45, 2.75) is 26.7 Å². The molecule has 4 nitrogen and oxygen atoms in total. The van der Waals surface area contributed by atoms with E-state index >= 15 is 0 Å². The molecule has 0 saturated carbocycles. The van der Waals surface area contributed by atoms with Crippen LogP contribution in [-0.2, 0) is 0 Å². The maximum Gasteiger partial charge on any atom is 0.335 e. The molecule has 1 heterocycles. The lowest BCUT2D eigenvalue weighted by Crippen LogP contribution is -2.29. The molecule has 1 aromatic heterocycles. The van der Waals surface area contributed by atoms with E-state index in [9.17, 15) is 0 Å². The standard InChI is InChI=1S/C15H20BrN3O/c1-3-15(4-2,10-16)11-20-14-17-12-19(18-14)13-8-6-5-7-9-13/h5-9,12H,3-4,10-11H2,1-2H3. The molecule has 0 aliphatic heterocycles. The van der Waals surface area contributed by atoms with Crippen LogP contribution in [0, 0.1) is 5.41 Å². The van der Waals surface area contributed by atoms with Crippen molar-refractivity contribution in [1.82, 2.24) is 14.8 Å². The average molecular weight is 338 g/mol. The van der Waals surface area contributed by atoms with E-state index in [0.29, 0.717) is 12.6 Å². The summed E-state index contributed by atoms with van der Waals surface area (Å²) in [7, 11) is 0. The first-order valence-corrected chi connectivity index (χ1v) is 8.01. The molecule has 0 aliphatic carbocycles. The molecule has 5 heteroatoms. The molecule has 0 aliphatic rings. The van der Waals surface area contributed by atoms with E-state index in [-0.39, 0.29) is 5.41 Å². The lowest BCUT2D eigenvalue weighted by Gasteiger charge is -2.28. The summed E-state index contributed by atoms with van der Waals surface area (Å²) < 4.78 is 7.50. The van der Waals surface area contributed by atoms with E-state index < -0.39 is 0 Å². The minimum atomic E-state index is 0.151. The highest BCUT2D eigenvalue weighted by Gasteiger charge is 2.26. The second-order valence-electron chi connectivity index (χ2n) is 4.94. The summed E-state index contributed by atoms with van der Waals surface area (Å²) in [6.45, 7) is 5.00. The van der Waals surface area contributed by atoms with Crippen LogP contribution < -0.4 is 4.74 Å². The van der Waals surface area contributed by atoms with E-state index in [1.807, 2.05) is 30.3 Å². The smallest absolute Gasteiger partial charge is 0.335 e. The SMILES string of the molecule is CCC(CC)(CBr)COc1ncn(-c2ccccc2)n1. The molecule has 1 aromatic carbocycles. The highest BCUT2D eigenvalue weighted by atomic mass is 79.9. The van der Waals surface area contributed by atoms with E-state index in [2.05, 4.69) is 39.9 Å². The lowest BCUT2D eigenvalue weighted by atomic mass is 9.86. The normalized spacial score (nSPS) is 11.6. The number of rotatable bonds is 7. The number of para-hydroxylation sites is 1. The zero-order valence-corrected chi connectivity index (χ0v) is 13.5. The van der Waals surface area contributed by atoms with Gasteiger partial charge in [-0.2, -0.15) is 4.98 Å². The van der Waals surface area contributed by atoms with Crippen molar-refractivity contribution in [1.29, 1.82) is 0 Å². The Kier molecular flexibility index (Phi) is 5.17. The van der Waals surface area contributed by atoms with Crippen molar-refractivity contribution in [2.24, 2.45) is 5.41 Å². The quantitative estimate of drug-likeness (QED) is 0.720. The first-order chi connectivity index (χ1) is 9.73. The molecule has 0 saturated heterocycles. The van der Waals surface area contributed by atoms with Crippen molar-refractivity contribution in [3.05, 3.63) is 36.7 Å². The van der Waals surface area contributed by atoms with Crippen molar-refractivity contribution in [3.63, 3.8) is 0 Å². The Morgan fingerprint density at radius 3 is 2.50 bits per heavy atom. The maximum absolute atomic E-state index is 5.77. The van der Waals surface area contributed by atoms with Gasteiger partial charge in [-0.1, -0.05) is 48.0 Å². The van der Waals surface area contributed by atoms with Gasteiger partial charge in [0.2, 0.25) is 0 Å². The molecular weight excluding hydrogens is 318 g/mol. The number of nitrogens with zero attached hydrogens (tertiary/aromatic N) is 3. The van der Waals surface area contributed by atoms with Crippen LogP contribution in [0.15, 0.2) is 36.7 Å². The molecule has 2 rings (SSSR count). The Hall–Kier alpha value is -1.36. The van der Waals surface area contributed by atoms with Crippen molar-refractivity contribution in [3.8, 4) is 11.7 Å². The average Bonchev–Trinajstić information content (AvgIpc) is 2.99. The largest absolute Gasteiger partial charge is 0.462 e. The molecule has 108 valence electrons. The van der Waals surface area contributed by atoms with E-state index in [1.165, 1.54) is 0 Å². The van der Waals surface area contributed by atoms with Gasteiger partial charge in [-0.25, -0.2) is 4.68 Å². The molecular formula is C15H20BrN3O. The molecule has 0 spiro atoms. The van der Waals surface area contributed by atoms with Crippen molar-refractivity contribution in [2.75, 3.05) is 11.9 Å². The van der Waals surface area contributed by atoms with Crippen LogP contribution in [-0.4, -0.2) is 26.7 Å². The number of benzene rings is 1. The Labute approximate surface area is 128 Å². The Bertz CT molecular complexity index is 515. The van der Waals surface area contributed by atoms with Crippen LogP contribution in [0.25, 0.3) is 5.69 Å². The maximum atomic E-state index is 5.77. The highest BCUT2D eigenvalue weighted by Crippen LogP contribution is 2.29. The molecule has 0 radical (unpaired) electrons. The van der Waals surface area contributed by atoms with Crippen LogP contribution in [0.4, 0.5) is 0 Å². The predicted octanol–water partition coefficient (Wildman–Crippen LogP) is 3.85. The summed E-state index contributed by atoms with van der Waals surface area (Å²) in [5.41, 5.74) is 1.13. The highest BCUT2D eigenvalue weighted by molar-refractivity contribution is 9.09. The predicted molar refractivity (Wildman–Crippen MR) is 83.7 cm³/mol. The summed E-state index contributed by atoms with van der Waals surface area (Å²) in [5, 5.41) is 5.28. The van der Waals surface area contributed by atoms with Gasteiger partial charge in [0.1, 0.15) is 6.33 Å². The molecule has 2 aromatic rings. The summed E-state index contributed by atoms with van der Waals surface area (Å²) in [6.07, 6.45) is 3.81. The Balaban J connectivity index is 2.03. The third-order valence-electron chi connectivity index (χ3n) is 3.78. The number of halogens is 1. The molecule has 0 amide bonds. The first kappa shape index (κ1) is 15.0. The van der Waals surface area contributed by atoms with E-state index in [4.69, 9.17) is 4.74 Å². The lowest BCUT2D eigenvalue weighted by molar-refractivity contribution is 0.148. The van der Waals surface area contributed by atoms with Crippen LogP contribution in [0.3, 0.4) is 0 Å². The van der Waals surface area contributed by atoms with Crippen LogP contribution >= 0.6 is 15.9 Å². The summed E-state index contributed by atoms with van der Waals surface area (Å²) in [5.74, 6) is 0. The Morgan fingerprint density at radius 2 is 1.90 bits per heavy atom. The van der Waals surface area contributed by atoms with Gasteiger partial charge in [0.25, 0.3) is 0 Å². The van der Waals surface area contributed by atoms with Gasteiger partial charge in [-0.05, 0) is 25.0 Å². The second kappa shape index (κ2) is 6.88. The molecule has 0 N–H and O–H groups in total. The van der Waals surface area contributed by atoms with Gasteiger partial charge in [0, 0.05) is 10.7 Å². The van der Waals surface area contributed by atoms with Gasteiger partial charge in [0.15, 0.2) is 0 Å². The van der Waals surface area contributed by atoms with Gasteiger partial charge in [-0.3, -0.25) is 0 Å². The minimum absolute atomic E-state index is 0.151. The first-order valence-electron chi connectivity index (χ1n) is 6.89. The zero-order valence-electron chi connectivity index (χ0n) is 11.9. The number of aromatic nitrogens is 3. The number of ether oxygens (including phenoxy) is 1. The molecule has 0 unspecified atom stereocenters. The summed E-state index contributed by atoms with van der Waals surface area (Å²) >= 11 is 3.58. The van der Waals surface area contributed by atoms with Gasteiger partial charge in [-0.15, -0.1) is 5.10 Å². The summed E-state index contributed by atoms with van der Waals surface area (Å²) in [4.78, 5) is 4.21. The van der Waals surface area contributed by atoms with Crippen molar-refractivity contribution < 1.29 is 4.74 Å². The Morgan fingerprint density at radius 1 is 1.20 bits per heavy atom. The van der Waals surface area contributed by atoms with Crippen molar-refractivity contribution >= 4 is 15.9 Å². The number of alkyl halides is 1. The van der Waals surface area contributed by atoms with Gasteiger partial charge in [0.05, 0.1) is 12.3 Å². The molecule has 20 heavy (non-hydrogen) atoms. The monoisotopic (exact) mass is 337 g/mol. The minimum Gasteiger partial charge on any atom is -0.462 e. The number of hydrogen-bond acceptors (Lipinski definition) is 3. The second-order valence-corrected chi connectivity index (χ2v) is 5.50. The van der Waals surface area contributed by atoms with E-state index in [1.54, 1.807) is 11.0 Å². The van der Waals surface area contributed by atoms with Gasteiger partial charge < -0.3 is 4.74 Å². The van der Waals surface area contributed by atoms with Crippen LogP contribution in [0.5, 0.6) is 6.01 Å². The summed E-state index contributed by atoms with van der Waals surface area (Å²) in [6, 6.07) is 10.3. The van der Waals surface area contributed by atoms with E-state index in [0.717, 1.165) is 23.9 Å².